The topological polar surface area (TPSA) is 17.8 Å². The number of hydrogen-bond donors (Lipinski definition) is 0. The Morgan fingerprint density at radius 2 is 2.00 bits per heavy atom. The van der Waals surface area contributed by atoms with Crippen molar-refractivity contribution in [1.82, 2.24) is 9.78 Å². The van der Waals surface area contributed by atoms with Crippen molar-refractivity contribution in [1.29, 1.82) is 0 Å². The van der Waals surface area contributed by atoms with Crippen LogP contribution in [0.1, 0.15) is 5.69 Å². The van der Waals surface area contributed by atoms with Gasteiger partial charge in [-0.1, -0.05) is 18.2 Å². The lowest BCUT2D eigenvalue weighted by molar-refractivity contribution is 0.847. The van der Waals surface area contributed by atoms with Crippen LogP contribution in [0.4, 0.5) is 0 Å². The van der Waals surface area contributed by atoms with Crippen molar-refractivity contribution >= 4 is 0 Å². The minimum absolute atomic E-state index is 1.03. The van der Waals surface area contributed by atoms with E-state index in [1.54, 1.807) is 6.20 Å². The normalized spacial score (nSPS) is 10.1. The van der Waals surface area contributed by atoms with E-state index in [0.29, 0.717) is 0 Å². The number of para-hydroxylation sites is 1. The van der Waals surface area contributed by atoms with E-state index in [9.17, 15) is 0 Å². The number of nitrogens with zero attached hydrogens (tertiary/aromatic N) is 2. The van der Waals surface area contributed by atoms with Gasteiger partial charge in [0.2, 0.25) is 0 Å². The van der Waals surface area contributed by atoms with E-state index in [0.717, 1.165) is 11.4 Å². The zero-order valence-electron chi connectivity index (χ0n) is 6.86. The van der Waals surface area contributed by atoms with Gasteiger partial charge in [0.1, 0.15) is 0 Å². The van der Waals surface area contributed by atoms with Gasteiger partial charge in [-0.2, -0.15) is 5.10 Å². The molecule has 1 aromatic heterocycles. The van der Waals surface area contributed by atoms with Crippen molar-refractivity contribution in [3.63, 3.8) is 0 Å². The molecular weight excluding hydrogens is 148 g/mol. The summed E-state index contributed by atoms with van der Waals surface area (Å²) in [7, 11) is 0. The van der Waals surface area contributed by atoms with Crippen LogP contribution in [-0.2, 0) is 0 Å². The molecule has 1 heterocycles. The highest BCUT2D eigenvalue weighted by Crippen LogP contribution is 2.07. The Kier molecular flexibility index (Phi) is 1.67. The summed E-state index contributed by atoms with van der Waals surface area (Å²) in [6, 6.07) is 13.0. The first-order valence-electron chi connectivity index (χ1n) is 3.85. The average Bonchev–Trinajstić information content (AvgIpc) is 2.53. The Morgan fingerprint density at radius 1 is 1.25 bits per heavy atom. The molecule has 0 N–H and O–H groups in total. The third kappa shape index (κ3) is 1.11. The largest absolute Gasteiger partial charge is 0.237 e. The minimum Gasteiger partial charge on any atom is -0.237 e. The summed E-state index contributed by atoms with van der Waals surface area (Å²) in [5.41, 5.74) is 2.11. The molecule has 0 saturated carbocycles. The van der Waals surface area contributed by atoms with Crippen LogP contribution in [0.5, 0.6) is 0 Å². The molecule has 0 unspecified atom stereocenters. The lowest BCUT2D eigenvalue weighted by atomic mass is 10.3. The van der Waals surface area contributed by atoms with Crippen molar-refractivity contribution in [3.05, 3.63) is 48.3 Å². The SMILES string of the molecule is Cc1[c]cnn1-c1ccccc1. The van der Waals surface area contributed by atoms with Crippen LogP contribution >= 0.6 is 0 Å². The fraction of sp³-hybridized carbons (Fsp3) is 0.100. The van der Waals surface area contributed by atoms with Gasteiger partial charge in [-0.15, -0.1) is 0 Å². The standard InChI is InChI=1S/C10H9N2/c1-9-7-8-11-12(9)10-5-3-2-4-6-10/h2-6,8H,1H3. The fourth-order valence-corrected chi connectivity index (χ4v) is 1.16. The second-order valence-electron chi connectivity index (χ2n) is 2.62. The monoisotopic (exact) mass is 157 g/mol. The molecule has 0 bridgehead atoms. The Hall–Kier alpha value is -1.57. The third-order valence-electron chi connectivity index (χ3n) is 1.77. The van der Waals surface area contributed by atoms with Gasteiger partial charge in [-0.3, -0.25) is 0 Å². The van der Waals surface area contributed by atoms with Crippen molar-refractivity contribution in [2.45, 2.75) is 6.92 Å². The van der Waals surface area contributed by atoms with E-state index in [2.05, 4.69) is 11.2 Å². The van der Waals surface area contributed by atoms with Crippen molar-refractivity contribution in [3.8, 4) is 5.69 Å². The Balaban J connectivity index is 2.51. The van der Waals surface area contributed by atoms with E-state index >= 15 is 0 Å². The Labute approximate surface area is 71.5 Å². The smallest absolute Gasteiger partial charge is 0.0648 e. The lowest BCUT2D eigenvalue weighted by Crippen LogP contribution is -1.97. The second kappa shape index (κ2) is 2.81. The number of hydrogen-bond acceptors (Lipinski definition) is 1. The van der Waals surface area contributed by atoms with Crippen LogP contribution in [-0.4, -0.2) is 9.78 Å². The average molecular weight is 157 g/mol. The van der Waals surface area contributed by atoms with Crippen molar-refractivity contribution in [2.75, 3.05) is 0 Å². The Morgan fingerprint density at radius 3 is 2.58 bits per heavy atom. The van der Waals surface area contributed by atoms with Crippen LogP contribution in [0.15, 0.2) is 36.5 Å². The van der Waals surface area contributed by atoms with Gasteiger partial charge in [0.05, 0.1) is 11.9 Å². The summed E-state index contributed by atoms with van der Waals surface area (Å²) in [5, 5.41) is 4.15. The van der Waals surface area contributed by atoms with Gasteiger partial charge < -0.3 is 0 Å². The number of rotatable bonds is 1. The molecule has 0 fully saturated rings. The highest BCUT2D eigenvalue weighted by atomic mass is 15.3. The molecule has 2 nitrogen and oxygen atoms in total. The molecule has 12 heavy (non-hydrogen) atoms. The molecule has 0 spiro atoms. The summed E-state index contributed by atoms with van der Waals surface area (Å²) in [6.45, 7) is 1.99. The molecular formula is C10H9N2. The molecule has 0 aliphatic rings. The zero-order chi connectivity index (χ0) is 8.39. The highest BCUT2D eigenvalue weighted by Gasteiger charge is 1.97. The zero-order valence-corrected chi connectivity index (χ0v) is 6.86. The van der Waals surface area contributed by atoms with E-state index in [1.165, 1.54) is 0 Å². The molecule has 0 aliphatic heterocycles. The Bertz CT molecular complexity index is 362. The number of benzene rings is 1. The summed E-state index contributed by atoms with van der Waals surface area (Å²) in [5.74, 6) is 0. The maximum absolute atomic E-state index is 4.15. The fourth-order valence-electron chi connectivity index (χ4n) is 1.16. The molecule has 0 saturated heterocycles. The number of aryl methyl sites for hydroxylation is 1. The molecule has 1 aromatic carbocycles. The molecule has 59 valence electrons. The second-order valence-corrected chi connectivity index (χ2v) is 2.62. The third-order valence-corrected chi connectivity index (χ3v) is 1.77. The van der Waals surface area contributed by atoms with Crippen molar-refractivity contribution < 1.29 is 0 Å². The molecule has 2 aromatic rings. The molecule has 0 aliphatic carbocycles. The van der Waals surface area contributed by atoms with E-state index in [1.807, 2.05) is 41.9 Å². The van der Waals surface area contributed by atoms with Crippen LogP contribution in [0.25, 0.3) is 5.69 Å². The summed E-state index contributed by atoms with van der Waals surface area (Å²) in [6.07, 6.45) is 1.68. The molecule has 1 radical (unpaired) electrons. The first-order chi connectivity index (χ1) is 5.88. The first-order valence-corrected chi connectivity index (χ1v) is 3.85. The van der Waals surface area contributed by atoms with Gasteiger partial charge in [-0.05, 0) is 19.1 Å². The van der Waals surface area contributed by atoms with Crippen LogP contribution in [0, 0.1) is 13.0 Å². The van der Waals surface area contributed by atoms with Crippen LogP contribution in [0.2, 0.25) is 0 Å². The highest BCUT2D eigenvalue weighted by molar-refractivity contribution is 5.31. The van der Waals surface area contributed by atoms with Crippen LogP contribution < -0.4 is 0 Å². The van der Waals surface area contributed by atoms with Gasteiger partial charge in [0.25, 0.3) is 0 Å². The first kappa shape index (κ1) is 7.10. The molecule has 0 atom stereocenters. The molecule has 2 heteroatoms. The van der Waals surface area contributed by atoms with Crippen LogP contribution in [0.3, 0.4) is 0 Å². The lowest BCUT2D eigenvalue weighted by Gasteiger charge is -2.01. The summed E-state index contributed by atoms with van der Waals surface area (Å²) in [4.78, 5) is 0. The minimum atomic E-state index is 1.03. The van der Waals surface area contributed by atoms with Gasteiger partial charge >= 0.3 is 0 Å². The predicted octanol–water partition coefficient (Wildman–Crippen LogP) is 1.98. The number of aromatic nitrogens is 2. The van der Waals surface area contributed by atoms with E-state index < -0.39 is 0 Å². The van der Waals surface area contributed by atoms with Gasteiger partial charge in [0.15, 0.2) is 0 Å². The maximum Gasteiger partial charge on any atom is 0.0648 e. The molecule has 2 rings (SSSR count). The predicted molar refractivity (Wildman–Crippen MR) is 47.1 cm³/mol. The van der Waals surface area contributed by atoms with Gasteiger partial charge in [0, 0.05) is 11.8 Å². The summed E-state index contributed by atoms with van der Waals surface area (Å²) >= 11 is 0. The van der Waals surface area contributed by atoms with E-state index in [4.69, 9.17) is 0 Å². The molecule has 0 amide bonds. The maximum atomic E-state index is 4.15. The summed E-state index contributed by atoms with van der Waals surface area (Å²) < 4.78 is 1.86. The van der Waals surface area contributed by atoms with Gasteiger partial charge in [-0.25, -0.2) is 4.68 Å². The van der Waals surface area contributed by atoms with E-state index in [-0.39, 0.29) is 0 Å². The van der Waals surface area contributed by atoms with Crippen molar-refractivity contribution in [2.24, 2.45) is 0 Å². The quantitative estimate of drug-likeness (QED) is 0.619.